The van der Waals surface area contributed by atoms with Crippen molar-refractivity contribution in [3.63, 3.8) is 0 Å². The fraction of sp³-hybridized carbons (Fsp3) is 0.125. The van der Waals surface area contributed by atoms with Gasteiger partial charge in [0.1, 0.15) is 0 Å². The van der Waals surface area contributed by atoms with Gasteiger partial charge < -0.3 is 11.1 Å². The van der Waals surface area contributed by atoms with Gasteiger partial charge in [-0.3, -0.25) is 0 Å². The van der Waals surface area contributed by atoms with E-state index < -0.39 is 0 Å². The zero-order valence-corrected chi connectivity index (χ0v) is 5.89. The molecular formula is C8H10N2. The summed E-state index contributed by atoms with van der Waals surface area (Å²) in [4.78, 5) is 0. The standard InChI is InChI=1S/C8H10N2/c1-6-4-8(10)3-2-7(6)5-9/h2-5,9H,10H2,1H3. The highest BCUT2D eigenvalue weighted by molar-refractivity contribution is 5.79. The molecule has 0 heterocycles. The average Bonchev–Trinajstić information content (AvgIpc) is 1.88. The maximum atomic E-state index is 6.99. The molecule has 0 bridgehead atoms. The summed E-state index contributed by atoms with van der Waals surface area (Å²) in [7, 11) is 0. The van der Waals surface area contributed by atoms with E-state index in [-0.39, 0.29) is 0 Å². The van der Waals surface area contributed by atoms with Crippen molar-refractivity contribution in [1.29, 1.82) is 5.41 Å². The second-order valence-corrected chi connectivity index (χ2v) is 2.26. The number of benzene rings is 1. The highest BCUT2D eigenvalue weighted by Gasteiger charge is 1.92. The summed E-state index contributed by atoms with van der Waals surface area (Å²) >= 11 is 0. The van der Waals surface area contributed by atoms with Crippen LogP contribution in [0.4, 0.5) is 5.69 Å². The number of hydrogen-bond donors (Lipinski definition) is 2. The van der Waals surface area contributed by atoms with E-state index in [0.717, 1.165) is 16.8 Å². The Morgan fingerprint density at radius 2 is 2.20 bits per heavy atom. The van der Waals surface area contributed by atoms with Crippen LogP contribution >= 0.6 is 0 Å². The zero-order chi connectivity index (χ0) is 7.56. The van der Waals surface area contributed by atoms with Gasteiger partial charge in [-0.05, 0) is 30.2 Å². The molecule has 0 spiro atoms. The van der Waals surface area contributed by atoms with Gasteiger partial charge in [0, 0.05) is 11.9 Å². The third kappa shape index (κ3) is 1.16. The van der Waals surface area contributed by atoms with Crippen LogP contribution < -0.4 is 5.73 Å². The Labute approximate surface area is 60.2 Å². The van der Waals surface area contributed by atoms with Crippen LogP contribution in [0.5, 0.6) is 0 Å². The number of hydrogen-bond acceptors (Lipinski definition) is 2. The number of rotatable bonds is 1. The molecule has 0 atom stereocenters. The molecule has 3 N–H and O–H groups in total. The Morgan fingerprint density at radius 3 is 2.70 bits per heavy atom. The van der Waals surface area contributed by atoms with E-state index in [4.69, 9.17) is 11.1 Å². The van der Waals surface area contributed by atoms with Crippen molar-refractivity contribution in [1.82, 2.24) is 0 Å². The molecule has 0 unspecified atom stereocenters. The van der Waals surface area contributed by atoms with Gasteiger partial charge in [0.15, 0.2) is 0 Å². The van der Waals surface area contributed by atoms with E-state index in [1.54, 1.807) is 6.07 Å². The second kappa shape index (κ2) is 2.52. The molecule has 0 fully saturated rings. The minimum atomic E-state index is 0.753. The Balaban J connectivity index is 3.19. The lowest BCUT2D eigenvalue weighted by Crippen LogP contribution is -1.89. The van der Waals surface area contributed by atoms with Crippen molar-refractivity contribution in [2.24, 2.45) is 0 Å². The normalized spacial score (nSPS) is 9.30. The molecule has 0 aliphatic carbocycles. The molecule has 0 saturated heterocycles. The van der Waals surface area contributed by atoms with Gasteiger partial charge in [-0.25, -0.2) is 0 Å². The van der Waals surface area contributed by atoms with E-state index >= 15 is 0 Å². The van der Waals surface area contributed by atoms with Crippen molar-refractivity contribution in [2.75, 3.05) is 5.73 Å². The molecule has 2 heteroatoms. The lowest BCUT2D eigenvalue weighted by atomic mass is 10.1. The number of nitrogens with one attached hydrogen (secondary N) is 1. The first-order valence-corrected chi connectivity index (χ1v) is 3.10. The highest BCUT2D eigenvalue weighted by atomic mass is 14.5. The predicted molar refractivity (Wildman–Crippen MR) is 43.5 cm³/mol. The minimum Gasteiger partial charge on any atom is -0.399 e. The van der Waals surface area contributed by atoms with E-state index in [9.17, 15) is 0 Å². The molecule has 1 aromatic carbocycles. The van der Waals surface area contributed by atoms with Crippen molar-refractivity contribution >= 4 is 11.9 Å². The first-order chi connectivity index (χ1) is 4.74. The van der Waals surface area contributed by atoms with Crippen LogP contribution in [-0.2, 0) is 0 Å². The van der Waals surface area contributed by atoms with Crippen molar-refractivity contribution in [3.05, 3.63) is 29.3 Å². The number of nitrogens with two attached hydrogens (primary N) is 1. The minimum absolute atomic E-state index is 0.753. The zero-order valence-electron chi connectivity index (χ0n) is 5.89. The smallest absolute Gasteiger partial charge is 0.0317 e. The summed E-state index contributed by atoms with van der Waals surface area (Å²) in [6.07, 6.45) is 1.33. The van der Waals surface area contributed by atoms with Crippen LogP contribution in [0, 0.1) is 12.3 Å². The summed E-state index contributed by atoms with van der Waals surface area (Å²) < 4.78 is 0. The Bertz CT molecular complexity index is 253. The van der Waals surface area contributed by atoms with Crippen molar-refractivity contribution in [2.45, 2.75) is 6.92 Å². The quantitative estimate of drug-likeness (QED) is 0.444. The lowest BCUT2D eigenvalue weighted by Gasteiger charge is -1.98. The van der Waals surface area contributed by atoms with Gasteiger partial charge in [-0.1, -0.05) is 6.07 Å². The van der Waals surface area contributed by atoms with Crippen LogP contribution in [0.15, 0.2) is 18.2 Å². The van der Waals surface area contributed by atoms with Gasteiger partial charge in [0.05, 0.1) is 0 Å². The molecule has 0 aromatic heterocycles. The number of anilines is 1. The lowest BCUT2D eigenvalue weighted by molar-refractivity contribution is 1.43. The number of aryl methyl sites for hydroxylation is 1. The van der Waals surface area contributed by atoms with E-state index in [0.29, 0.717) is 0 Å². The Kier molecular flexibility index (Phi) is 1.71. The second-order valence-electron chi connectivity index (χ2n) is 2.26. The van der Waals surface area contributed by atoms with Crippen LogP contribution in [0.2, 0.25) is 0 Å². The average molecular weight is 134 g/mol. The summed E-state index contributed by atoms with van der Waals surface area (Å²) in [5, 5.41) is 6.99. The van der Waals surface area contributed by atoms with Crippen LogP contribution in [0.25, 0.3) is 0 Å². The molecule has 52 valence electrons. The third-order valence-electron chi connectivity index (χ3n) is 1.45. The fourth-order valence-electron chi connectivity index (χ4n) is 0.861. The van der Waals surface area contributed by atoms with E-state index in [1.165, 1.54) is 6.21 Å². The van der Waals surface area contributed by atoms with Gasteiger partial charge in [-0.15, -0.1) is 0 Å². The number of nitrogen functional groups attached to an aromatic ring is 1. The molecule has 1 rings (SSSR count). The molecule has 2 nitrogen and oxygen atoms in total. The monoisotopic (exact) mass is 134 g/mol. The SMILES string of the molecule is Cc1cc(N)ccc1C=N. The Morgan fingerprint density at radius 1 is 1.50 bits per heavy atom. The molecule has 0 saturated carbocycles. The van der Waals surface area contributed by atoms with Gasteiger partial charge in [0.2, 0.25) is 0 Å². The van der Waals surface area contributed by atoms with Gasteiger partial charge in [-0.2, -0.15) is 0 Å². The van der Waals surface area contributed by atoms with Crippen LogP contribution in [0.1, 0.15) is 11.1 Å². The van der Waals surface area contributed by atoms with Gasteiger partial charge >= 0.3 is 0 Å². The molecule has 0 aliphatic heterocycles. The summed E-state index contributed by atoms with van der Waals surface area (Å²) in [5.41, 5.74) is 8.24. The predicted octanol–water partition coefficient (Wildman–Crippen LogP) is 1.57. The molecule has 0 amide bonds. The summed E-state index contributed by atoms with van der Waals surface area (Å²) in [6.45, 7) is 1.94. The highest BCUT2D eigenvalue weighted by Crippen LogP contribution is 2.09. The maximum Gasteiger partial charge on any atom is 0.0317 e. The van der Waals surface area contributed by atoms with Crippen molar-refractivity contribution < 1.29 is 0 Å². The topological polar surface area (TPSA) is 49.9 Å². The third-order valence-corrected chi connectivity index (χ3v) is 1.45. The van der Waals surface area contributed by atoms with Crippen molar-refractivity contribution in [3.8, 4) is 0 Å². The van der Waals surface area contributed by atoms with Crippen LogP contribution in [-0.4, -0.2) is 6.21 Å². The molecule has 10 heavy (non-hydrogen) atoms. The van der Waals surface area contributed by atoms with Gasteiger partial charge in [0.25, 0.3) is 0 Å². The summed E-state index contributed by atoms with van der Waals surface area (Å²) in [5.74, 6) is 0. The molecular weight excluding hydrogens is 124 g/mol. The molecule has 1 aromatic rings. The first kappa shape index (κ1) is 6.81. The van der Waals surface area contributed by atoms with E-state index in [1.807, 2.05) is 19.1 Å². The largest absolute Gasteiger partial charge is 0.399 e. The summed E-state index contributed by atoms with van der Waals surface area (Å²) in [6, 6.07) is 5.51. The fourth-order valence-corrected chi connectivity index (χ4v) is 0.861. The molecule has 0 aliphatic rings. The maximum absolute atomic E-state index is 6.99. The van der Waals surface area contributed by atoms with Crippen LogP contribution in [0.3, 0.4) is 0 Å². The first-order valence-electron chi connectivity index (χ1n) is 3.10. The Hall–Kier alpha value is -1.31. The van der Waals surface area contributed by atoms with E-state index in [2.05, 4.69) is 0 Å². The molecule has 0 radical (unpaired) electrons.